The summed E-state index contributed by atoms with van der Waals surface area (Å²) < 4.78 is 5.24. The van der Waals surface area contributed by atoms with Crippen LogP contribution in [0.2, 0.25) is 0 Å². The van der Waals surface area contributed by atoms with Gasteiger partial charge >= 0.3 is 0 Å². The van der Waals surface area contributed by atoms with Crippen LogP contribution in [0.15, 0.2) is 53.3 Å². The van der Waals surface area contributed by atoms with Gasteiger partial charge in [-0.05, 0) is 36.2 Å². The fourth-order valence-electron chi connectivity index (χ4n) is 3.81. The summed E-state index contributed by atoms with van der Waals surface area (Å²) in [4.78, 5) is 46.1. The number of methoxy groups -OCH3 is 1. The number of benzene rings is 2. The molecule has 2 heterocycles. The Kier molecular flexibility index (Phi) is 5.97. The smallest absolute Gasteiger partial charge is 0.258 e. The zero-order chi connectivity index (χ0) is 21.8. The molecule has 0 spiro atoms. The van der Waals surface area contributed by atoms with E-state index in [1.165, 1.54) is 0 Å². The van der Waals surface area contributed by atoms with Crippen LogP contribution in [0.3, 0.4) is 0 Å². The van der Waals surface area contributed by atoms with Crippen molar-refractivity contribution in [3.8, 4) is 5.75 Å². The molecule has 2 amide bonds. The van der Waals surface area contributed by atoms with Gasteiger partial charge in [0.05, 0.1) is 30.5 Å². The number of hydrogen-bond acceptors (Lipinski definition) is 5. The van der Waals surface area contributed by atoms with E-state index in [-0.39, 0.29) is 29.8 Å². The van der Waals surface area contributed by atoms with E-state index in [4.69, 9.17) is 4.74 Å². The average Bonchev–Trinajstić information content (AvgIpc) is 2.79. The molecule has 2 aromatic carbocycles. The van der Waals surface area contributed by atoms with Crippen molar-refractivity contribution in [1.29, 1.82) is 0 Å². The lowest BCUT2D eigenvalue weighted by molar-refractivity contribution is -0.139. The zero-order valence-electron chi connectivity index (χ0n) is 17.3. The molecule has 4 rings (SSSR count). The summed E-state index contributed by atoms with van der Waals surface area (Å²) in [7, 11) is 1.60. The minimum atomic E-state index is -0.310. The van der Waals surface area contributed by atoms with Gasteiger partial charge in [0.15, 0.2) is 0 Å². The highest BCUT2D eigenvalue weighted by molar-refractivity contribution is 5.84. The van der Waals surface area contributed by atoms with E-state index in [0.717, 1.165) is 11.3 Å². The van der Waals surface area contributed by atoms with Crippen LogP contribution < -0.4 is 15.6 Å². The lowest BCUT2D eigenvalue weighted by Gasteiger charge is -2.32. The first-order chi connectivity index (χ1) is 15.0. The Hall–Kier alpha value is -3.68. The number of carbonyl (C=O) groups excluding carboxylic acids is 2. The molecule has 3 aromatic rings. The average molecular weight is 420 g/mol. The van der Waals surface area contributed by atoms with E-state index in [1.807, 2.05) is 30.3 Å². The van der Waals surface area contributed by atoms with Crippen molar-refractivity contribution < 1.29 is 14.3 Å². The number of likely N-dealkylation sites (tertiary alicyclic amines) is 1. The largest absolute Gasteiger partial charge is 0.497 e. The van der Waals surface area contributed by atoms with Crippen molar-refractivity contribution in [3.63, 3.8) is 0 Å². The highest BCUT2D eigenvalue weighted by atomic mass is 16.5. The number of nitrogens with one attached hydrogen (secondary N) is 2. The van der Waals surface area contributed by atoms with Crippen LogP contribution in [-0.4, -0.2) is 40.3 Å². The SMILES string of the molecule is COc1cccc(CN2C[C@@H](C(=O)NCc3nc4ccccc4c(=O)[nH]3)CCC2=O)c1. The van der Waals surface area contributed by atoms with Gasteiger partial charge in [0.2, 0.25) is 11.8 Å². The topological polar surface area (TPSA) is 104 Å². The van der Waals surface area contributed by atoms with Gasteiger partial charge in [0.1, 0.15) is 11.6 Å². The fourth-order valence-corrected chi connectivity index (χ4v) is 3.81. The van der Waals surface area contributed by atoms with E-state index >= 15 is 0 Å². The number of aromatic nitrogens is 2. The van der Waals surface area contributed by atoms with Crippen molar-refractivity contribution in [2.45, 2.75) is 25.9 Å². The molecule has 2 N–H and O–H groups in total. The second kappa shape index (κ2) is 8.99. The minimum absolute atomic E-state index is 0.0346. The molecule has 1 fully saturated rings. The highest BCUT2D eigenvalue weighted by Gasteiger charge is 2.30. The number of nitrogens with zero attached hydrogens (tertiary/aromatic N) is 2. The lowest BCUT2D eigenvalue weighted by Crippen LogP contribution is -2.45. The van der Waals surface area contributed by atoms with Gasteiger partial charge in [-0.1, -0.05) is 24.3 Å². The quantitative estimate of drug-likeness (QED) is 0.635. The van der Waals surface area contributed by atoms with Crippen LogP contribution in [0.5, 0.6) is 5.75 Å². The van der Waals surface area contributed by atoms with Gasteiger partial charge in [0, 0.05) is 19.5 Å². The van der Waals surface area contributed by atoms with Crippen LogP contribution in [-0.2, 0) is 22.7 Å². The summed E-state index contributed by atoms with van der Waals surface area (Å²) in [6, 6.07) is 14.6. The summed E-state index contributed by atoms with van der Waals surface area (Å²) in [6.45, 7) is 0.905. The van der Waals surface area contributed by atoms with Gasteiger partial charge in [-0.15, -0.1) is 0 Å². The molecule has 1 atom stereocenters. The molecule has 1 aliphatic rings. The number of rotatable bonds is 6. The van der Waals surface area contributed by atoms with E-state index < -0.39 is 0 Å². The second-order valence-electron chi connectivity index (χ2n) is 7.61. The molecule has 0 radical (unpaired) electrons. The number of carbonyl (C=O) groups is 2. The number of H-pyrrole nitrogens is 1. The standard InChI is InChI=1S/C23H24N4O4/c1-31-17-6-4-5-15(11-17)13-27-14-16(9-10-21(27)28)22(29)24-12-20-25-19-8-3-2-7-18(19)23(30)26-20/h2-8,11,16H,9-10,12-14H2,1H3,(H,24,29)(H,25,26,30)/t16-/m0/s1. The third-order valence-corrected chi connectivity index (χ3v) is 5.47. The Labute approximate surface area is 179 Å². The maximum atomic E-state index is 12.7. The summed E-state index contributed by atoms with van der Waals surface area (Å²) in [6.07, 6.45) is 0.827. The van der Waals surface area contributed by atoms with Crippen molar-refractivity contribution in [3.05, 3.63) is 70.3 Å². The summed E-state index contributed by atoms with van der Waals surface area (Å²) >= 11 is 0. The maximum absolute atomic E-state index is 12.7. The molecule has 0 bridgehead atoms. The number of aromatic amines is 1. The third kappa shape index (κ3) is 4.74. The number of ether oxygens (including phenoxy) is 1. The minimum Gasteiger partial charge on any atom is -0.497 e. The number of hydrogen-bond donors (Lipinski definition) is 2. The summed E-state index contributed by atoms with van der Waals surface area (Å²) in [5, 5.41) is 3.36. The summed E-state index contributed by atoms with van der Waals surface area (Å²) in [5.41, 5.74) is 1.30. The van der Waals surface area contributed by atoms with E-state index in [0.29, 0.717) is 42.7 Å². The molecule has 1 saturated heterocycles. The number of para-hydroxylation sites is 1. The predicted molar refractivity (Wildman–Crippen MR) is 115 cm³/mol. The molecule has 1 aromatic heterocycles. The highest BCUT2D eigenvalue weighted by Crippen LogP contribution is 2.21. The van der Waals surface area contributed by atoms with E-state index in [9.17, 15) is 14.4 Å². The molecule has 0 aliphatic carbocycles. The lowest BCUT2D eigenvalue weighted by atomic mass is 9.96. The molecule has 8 nitrogen and oxygen atoms in total. The van der Waals surface area contributed by atoms with Crippen LogP contribution in [0, 0.1) is 5.92 Å². The van der Waals surface area contributed by atoms with Crippen molar-refractivity contribution >= 4 is 22.7 Å². The second-order valence-corrected chi connectivity index (χ2v) is 7.61. The molecular weight excluding hydrogens is 396 g/mol. The normalized spacial score (nSPS) is 16.4. The first-order valence-corrected chi connectivity index (χ1v) is 10.2. The molecule has 8 heteroatoms. The molecule has 1 aliphatic heterocycles. The number of amides is 2. The fraction of sp³-hybridized carbons (Fsp3) is 0.304. The Morgan fingerprint density at radius 2 is 2.06 bits per heavy atom. The van der Waals surface area contributed by atoms with Gasteiger partial charge in [-0.3, -0.25) is 14.4 Å². The van der Waals surface area contributed by atoms with Gasteiger partial charge in [0.25, 0.3) is 5.56 Å². The summed E-state index contributed by atoms with van der Waals surface area (Å²) in [5.74, 6) is 0.701. The molecule has 0 unspecified atom stereocenters. The monoisotopic (exact) mass is 420 g/mol. The van der Waals surface area contributed by atoms with Gasteiger partial charge in [-0.2, -0.15) is 0 Å². The number of piperidine rings is 1. The molecule has 160 valence electrons. The Morgan fingerprint density at radius 1 is 1.23 bits per heavy atom. The van der Waals surface area contributed by atoms with Crippen LogP contribution in [0.1, 0.15) is 24.2 Å². The van der Waals surface area contributed by atoms with Crippen LogP contribution in [0.4, 0.5) is 0 Å². The van der Waals surface area contributed by atoms with Crippen LogP contribution in [0.25, 0.3) is 10.9 Å². The predicted octanol–water partition coefficient (Wildman–Crippen LogP) is 1.99. The van der Waals surface area contributed by atoms with E-state index in [2.05, 4.69) is 15.3 Å². The van der Waals surface area contributed by atoms with Crippen molar-refractivity contribution in [2.75, 3.05) is 13.7 Å². The zero-order valence-corrected chi connectivity index (χ0v) is 17.3. The first-order valence-electron chi connectivity index (χ1n) is 10.2. The van der Waals surface area contributed by atoms with E-state index in [1.54, 1.807) is 30.2 Å². The number of fused-ring (bicyclic) bond motifs is 1. The van der Waals surface area contributed by atoms with Gasteiger partial charge < -0.3 is 19.9 Å². The molecule has 0 saturated carbocycles. The Balaban J connectivity index is 1.39. The van der Waals surface area contributed by atoms with Crippen molar-refractivity contribution in [2.24, 2.45) is 5.92 Å². The molecular formula is C23H24N4O4. The van der Waals surface area contributed by atoms with Crippen LogP contribution >= 0.6 is 0 Å². The molecule has 31 heavy (non-hydrogen) atoms. The Morgan fingerprint density at radius 3 is 2.90 bits per heavy atom. The van der Waals surface area contributed by atoms with Crippen molar-refractivity contribution in [1.82, 2.24) is 20.2 Å². The third-order valence-electron chi connectivity index (χ3n) is 5.47. The van der Waals surface area contributed by atoms with Gasteiger partial charge in [-0.25, -0.2) is 4.98 Å². The Bertz CT molecular complexity index is 1170. The first kappa shape index (κ1) is 20.6. The maximum Gasteiger partial charge on any atom is 0.258 e.